The summed E-state index contributed by atoms with van der Waals surface area (Å²) in [6.07, 6.45) is 2.90. The third-order valence-corrected chi connectivity index (χ3v) is 3.75. The highest BCUT2D eigenvalue weighted by Gasteiger charge is 2.23. The summed E-state index contributed by atoms with van der Waals surface area (Å²) in [6.45, 7) is 6.22. The number of rotatable bonds is 6. The van der Waals surface area contributed by atoms with Gasteiger partial charge in [-0.3, -0.25) is 4.79 Å². The minimum absolute atomic E-state index is 0.0107. The number of carboxylic acid groups (broad SMARTS) is 1. The molecule has 0 saturated carbocycles. The fraction of sp³-hybridized carbons (Fsp3) is 0.727. The zero-order chi connectivity index (χ0) is 13.8. The Bertz CT molecular complexity index is 413. The minimum Gasteiger partial charge on any atom is -0.481 e. The van der Waals surface area contributed by atoms with E-state index in [1.165, 1.54) is 11.8 Å². The number of nitrogens with zero attached hydrogens (tertiary/aromatic N) is 3. The zero-order valence-corrected chi connectivity index (χ0v) is 12.8. The molecule has 0 aliphatic rings. The van der Waals surface area contributed by atoms with E-state index in [4.69, 9.17) is 5.11 Å². The highest BCUT2D eigenvalue weighted by Crippen LogP contribution is 2.25. The molecule has 0 atom stereocenters. The number of hydrogen-bond acceptors (Lipinski definition) is 5. The summed E-state index contributed by atoms with van der Waals surface area (Å²) in [5, 5.41) is 17.7. The Balaban J connectivity index is 2.96. The summed E-state index contributed by atoms with van der Waals surface area (Å²) in [6, 6.07) is 0. The van der Waals surface area contributed by atoms with Gasteiger partial charge in [0.05, 0.1) is 5.75 Å². The summed E-state index contributed by atoms with van der Waals surface area (Å²) in [7, 11) is 0. The molecule has 0 bridgehead atoms. The van der Waals surface area contributed by atoms with Crippen molar-refractivity contribution in [3.8, 4) is 0 Å². The lowest BCUT2D eigenvalue weighted by molar-refractivity contribution is -0.133. The highest BCUT2D eigenvalue weighted by atomic mass is 32.2. The van der Waals surface area contributed by atoms with Crippen molar-refractivity contribution in [3.05, 3.63) is 5.82 Å². The first-order valence-corrected chi connectivity index (χ1v) is 8.02. The quantitative estimate of drug-likeness (QED) is 0.809. The Morgan fingerprint density at radius 3 is 2.56 bits per heavy atom. The van der Waals surface area contributed by atoms with E-state index in [0.717, 1.165) is 18.0 Å². The van der Waals surface area contributed by atoms with E-state index in [1.807, 2.05) is 4.57 Å². The van der Waals surface area contributed by atoms with Gasteiger partial charge in [-0.25, -0.2) is 0 Å². The molecule has 0 unspecified atom stereocenters. The first-order valence-electron chi connectivity index (χ1n) is 5.64. The summed E-state index contributed by atoms with van der Waals surface area (Å²) < 4.78 is 2.04. The third-order valence-electron chi connectivity index (χ3n) is 2.23. The van der Waals surface area contributed by atoms with Gasteiger partial charge in [0.25, 0.3) is 0 Å². The molecule has 1 heterocycles. The van der Waals surface area contributed by atoms with Crippen LogP contribution in [0.1, 0.15) is 26.6 Å². The van der Waals surface area contributed by atoms with Crippen LogP contribution in [-0.4, -0.2) is 43.6 Å². The second kappa shape index (κ2) is 6.47. The van der Waals surface area contributed by atoms with Gasteiger partial charge in [-0.2, -0.15) is 11.8 Å². The van der Waals surface area contributed by atoms with Crippen LogP contribution in [0.25, 0.3) is 0 Å². The Hall–Kier alpha value is -0.690. The maximum atomic E-state index is 10.6. The topological polar surface area (TPSA) is 68.0 Å². The van der Waals surface area contributed by atoms with Crippen molar-refractivity contribution in [2.75, 3.05) is 17.8 Å². The van der Waals surface area contributed by atoms with Gasteiger partial charge < -0.3 is 9.67 Å². The minimum atomic E-state index is -0.839. The molecule has 0 saturated heterocycles. The van der Waals surface area contributed by atoms with Crippen molar-refractivity contribution in [1.29, 1.82) is 0 Å². The fourth-order valence-corrected chi connectivity index (χ4v) is 2.80. The molecule has 1 aromatic rings. The summed E-state index contributed by atoms with van der Waals surface area (Å²) >= 11 is 2.98. The van der Waals surface area contributed by atoms with Crippen LogP contribution in [0.15, 0.2) is 5.16 Å². The molecule has 1 rings (SSSR count). The average molecular weight is 289 g/mol. The van der Waals surface area contributed by atoms with Gasteiger partial charge in [0.15, 0.2) is 5.16 Å². The third kappa shape index (κ3) is 4.20. The van der Waals surface area contributed by atoms with Gasteiger partial charge in [-0.05, 0) is 27.0 Å². The number of carbonyl (C=O) groups is 1. The molecule has 7 heteroatoms. The van der Waals surface area contributed by atoms with Gasteiger partial charge in [0, 0.05) is 17.7 Å². The lowest BCUT2D eigenvalue weighted by atomic mass is 10.1. The van der Waals surface area contributed by atoms with Crippen LogP contribution in [-0.2, 0) is 16.8 Å². The molecule has 5 nitrogen and oxygen atoms in total. The Labute approximate surface area is 116 Å². The van der Waals surface area contributed by atoms with Crippen molar-refractivity contribution in [3.63, 3.8) is 0 Å². The number of aromatic nitrogens is 3. The van der Waals surface area contributed by atoms with Crippen molar-refractivity contribution in [2.24, 2.45) is 0 Å². The van der Waals surface area contributed by atoms with E-state index in [1.54, 1.807) is 11.8 Å². The van der Waals surface area contributed by atoms with E-state index in [2.05, 4.69) is 37.2 Å². The van der Waals surface area contributed by atoms with Crippen LogP contribution in [0, 0.1) is 0 Å². The summed E-state index contributed by atoms with van der Waals surface area (Å²) in [4.78, 5) is 10.6. The van der Waals surface area contributed by atoms with E-state index >= 15 is 0 Å². The largest absolute Gasteiger partial charge is 0.481 e. The summed E-state index contributed by atoms with van der Waals surface area (Å²) in [5.74, 6) is 1.08. The van der Waals surface area contributed by atoms with Crippen molar-refractivity contribution < 1.29 is 9.90 Å². The SMILES string of the molecule is CSCCc1nnc(SCC(=O)O)n1C(C)(C)C. The molecule has 1 aromatic heterocycles. The van der Waals surface area contributed by atoms with Crippen molar-refractivity contribution in [1.82, 2.24) is 14.8 Å². The van der Waals surface area contributed by atoms with Gasteiger partial charge in [-0.1, -0.05) is 11.8 Å². The zero-order valence-electron chi connectivity index (χ0n) is 11.1. The van der Waals surface area contributed by atoms with Gasteiger partial charge in [0.2, 0.25) is 0 Å². The van der Waals surface area contributed by atoms with E-state index in [0.29, 0.717) is 5.16 Å². The predicted octanol–water partition coefficient (Wildman–Crippen LogP) is 2.12. The van der Waals surface area contributed by atoms with Gasteiger partial charge in [0.1, 0.15) is 5.82 Å². The lowest BCUT2D eigenvalue weighted by Gasteiger charge is -2.24. The summed E-state index contributed by atoms with van der Waals surface area (Å²) in [5.41, 5.74) is -0.141. The molecule has 0 aliphatic carbocycles. The van der Waals surface area contributed by atoms with E-state index < -0.39 is 5.97 Å². The molecular weight excluding hydrogens is 270 g/mol. The average Bonchev–Trinajstić information content (AvgIpc) is 2.66. The molecular formula is C11H19N3O2S2. The van der Waals surface area contributed by atoms with E-state index in [9.17, 15) is 4.79 Å². The van der Waals surface area contributed by atoms with Gasteiger partial charge in [-0.15, -0.1) is 10.2 Å². The molecule has 0 spiro atoms. The van der Waals surface area contributed by atoms with Crippen molar-refractivity contribution >= 4 is 29.5 Å². The van der Waals surface area contributed by atoms with Crippen LogP contribution in [0.4, 0.5) is 0 Å². The number of thioether (sulfide) groups is 2. The van der Waals surface area contributed by atoms with Crippen LogP contribution < -0.4 is 0 Å². The monoisotopic (exact) mass is 289 g/mol. The number of hydrogen-bond donors (Lipinski definition) is 1. The molecule has 102 valence electrons. The molecule has 0 aromatic carbocycles. The maximum absolute atomic E-state index is 10.6. The number of aryl methyl sites for hydroxylation is 1. The Morgan fingerprint density at radius 2 is 2.06 bits per heavy atom. The fourth-order valence-electron chi connectivity index (χ4n) is 1.55. The Kier molecular flexibility index (Phi) is 5.52. The van der Waals surface area contributed by atoms with Crippen LogP contribution in [0.5, 0.6) is 0 Å². The second-order valence-electron chi connectivity index (χ2n) is 4.83. The standard InChI is InChI=1S/C11H19N3O2S2/c1-11(2,3)14-8(5-6-17-4)12-13-10(14)18-7-9(15)16/h5-7H2,1-4H3,(H,15,16). The van der Waals surface area contributed by atoms with Crippen LogP contribution in [0.2, 0.25) is 0 Å². The number of aliphatic carboxylic acids is 1. The highest BCUT2D eigenvalue weighted by molar-refractivity contribution is 7.99. The van der Waals surface area contributed by atoms with Crippen LogP contribution in [0.3, 0.4) is 0 Å². The molecule has 0 amide bonds. The van der Waals surface area contributed by atoms with E-state index in [-0.39, 0.29) is 11.3 Å². The van der Waals surface area contributed by atoms with Crippen LogP contribution >= 0.6 is 23.5 Å². The lowest BCUT2D eigenvalue weighted by Crippen LogP contribution is -2.25. The molecule has 0 radical (unpaired) electrons. The molecule has 1 N–H and O–H groups in total. The first-order chi connectivity index (χ1) is 8.36. The molecule has 0 fully saturated rings. The smallest absolute Gasteiger partial charge is 0.313 e. The molecule has 18 heavy (non-hydrogen) atoms. The normalized spacial score (nSPS) is 11.8. The molecule has 0 aliphatic heterocycles. The Morgan fingerprint density at radius 1 is 1.39 bits per heavy atom. The van der Waals surface area contributed by atoms with Crippen molar-refractivity contribution in [2.45, 2.75) is 37.9 Å². The number of carboxylic acids is 1. The second-order valence-corrected chi connectivity index (χ2v) is 6.76. The maximum Gasteiger partial charge on any atom is 0.313 e. The van der Waals surface area contributed by atoms with Gasteiger partial charge >= 0.3 is 5.97 Å². The first kappa shape index (κ1) is 15.4. The predicted molar refractivity (Wildman–Crippen MR) is 75.5 cm³/mol.